The zero-order chi connectivity index (χ0) is 17.1. The van der Waals surface area contributed by atoms with E-state index in [1.807, 2.05) is 54.6 Å². The third-order valence-corrected chi connectivity index (χ3v) is 4.86. The van der Waals surface area contributed by atoms with Crippen molar-refractivity contribution in [2.24, 2.45) is 0 Å². The average molecular weight is 343 g/mol. The monoisotopic (exact) mass is 343 g/mol. The summed E-state index contributed by atoms with van der Waals surface area (Å²) >= 11 is 1.48. The van der Waals surface area contributed by atoms with Crippen LogP contribution in [0.5, 0.6) is 0 Å². The third-order valence-electron chi connectivity index (χ3n) is 3.99. The van der Waals surface area contributed by atoms with Crippen molar-refractivity contribution >= 4 is 21.6 Å². The van der Waals surface area contributed by atoms with Crippen molar-refractivity contribution in [1.29, 1.82) is 0 Å². The molecule has 2 aromatic heterocycles. The van der Waals surface area contributed by atoms with E-state index in [-0.39, 0.29) is 11.7 Å². The Balaban J connectivity index is 1.91. The Morgan fingerprint density at radius 1 is 1.33 bits per heavy atom. The number of nitrogens with one attached hydrogen (secondary N) is 1. The van der Waals surface area contributed by atoms with Gasteiger partial charge in [-0.2, -0.15) is 0 Å². The van der Waals surface area contributed by atoms with Gasteiger partial charge in [0.15, 0.2) is 0 Å². The molecule has 0 aliphatic heterocycles. The molecule has 6 heteroatoms. The number of nitrogens with zero attached hydrogens (tertiary/aromatic N) is 2. The maximum Gasteiger partial charge on any atom is 0.260 e. The number of thiophene rings is 1. The predicted octanol–water partition coefficient (Wildman–Crippen LogP) is 2.85. The van der Waals surface area contributed by atoms with Crippen LogP contribution in [0.2, 0.25) is 0 Å². The Kier molecular flexibility index (Phi) is 5.08. The first-order chi connectivity index (χ1) is 11.6. The van der Waals surface area contributed by atoms with Gasteiger partial charge in [-0.25, -0.2) is 4.98 Å². The first-order valence-corrected chi connectivity index (χ1v) is 8.89. The van der Waals surface area contributed by atoms with E-state index in [1.165, 1.54) is 11.3 Å². The zero-order valence-electron chi connectivity index (χ0n) is 13.8. The van der Waals surface area contributed by atoms with Crippen molar-refractivity contribution in [1.82, 2.24) is 14.9 Å². The van der Waals surface area contributed by atoms with Crippen LogP contribution < -0.4 is 5.56 Å². The van der Waals surface area contributed by atoms with E-state index in [1.54, 1.807) is 0 Å². The molecule has 2 N–H and O–H groups in total. The molecule has 0 aliphatic rings. The van der Waals surface area contributed by atoms with Crippen molar-refractivity contribution < 1.29 is 5.11 Å². The molecule has 3 rings (SSSR count). The van der Waals surface area contributed by atoms with Gasteiger partial charge in [0.25, 0.3) is 5.56 Å². The number of aromatic nitrogens is 2. The minimum atomic E-state index is -0.364. The Hall–Kier alpha value is -2.02. The molecule has 0 spiro atoms. The molecule has 1 aromatic carbocycles. The molecule has 1 unspecified atom stereocenters. The van der Waals surface area contributed by atoms with Crippen LogP contribution in [-0.2, 0) is 6.54 Å². The fourth-order valence-corrected chi connectivity index (χ4v) is 3.67. The highest BCUT2D eigenvalue weighted by atomic mass is 32.1. The van der Waals surface area contributed by atoms with Crippen molar-refractivity contribution in [2.75, 3.05) is 13.6 Å². The fourth-order valence-electron chi connectivity index (χ4n) is 2.71. The molecule has 126 valence electrons. The lowest BCUT2D eigenvalue weighted by atomic mass is 10.1. The number of hydrogen-bond donors (Lipinski definition) is 2. The minimum absolute atomic E-state index is 0.112. The summed E-state index contributed by atoms with van der Waals surface area (Å²) in [5.41, 5.74) is 1.83. The van der Waals surface area contributed by atoms with Gasteiger partial charge < -0.3 is 10.1 Å². The van der Waals surface area contributed by atoms with Gasteiger partial charge >= 0.3 is 0 Å². The van der Waals surface area contributed by atoms with Crippen LogP contribution in [0.25, 0.3) is 21.3 Å². The van der Waals surface area contributed by atoms with Crippen LogP contribution >= 0.6 is 11.3 Å². The van der Waals surface area contributed by atoms with Crippen LogP contribution in [0, 0.1) is 0 Å². The molecular weight excluding hydrogens is 322 g/mol. The quantitative estimate of drug-likeness (QED) is 0.722. The van der Waals surface area contributed by atoms with E-state index in [0.29, 0.717) is 30.7 Å². The second-order valence-corrected chi connectivity index (χ2v) is 6.83. The highest BCUT2D eigenvalue weighted by Crippen LogP contribution is 2.30. The number of rotatable bonds is 6. The number of aliphatic hydroxyl groups is 1. The van der Waals surface area contributed by atoms with Gasteiger partial charge in [0.05, 0.1) is 18.0 Å². The van der Waals surface area contributed by atoms with Crippen molar-refractivity contribution in [2.45, 2.75) is 26.0 Å². The number of aliphatic hydroxyl groups excluding tert-OH is 1. The molecule has 2 heterocycles. The standard InChI is InChI=1S/C18H21N3O2S/c1-3-13(22)9-21(2)10-15-19-17(23)16-14(11-24-18(16)20-15)12-7-5-4-6-8-12/h4-8,11,13,22H,3,9-10H2,1-2H3,(H,19,20,23). The van der Waals surface area contributed by atoms with Gasteiger partial charge in [-0.15, -0.1) is 11.3 Å². The Bertz CT molecular complexity index is 873. The molecule has 0 radical (unpaired) electrons. The lowest BCUT2D eigenvalue weighted by Crippen LogP contribution is -2.29. The molecule has 1 atom stereocenters. The second-order valence-electron chi connectivity index (χ2n) is 5.97. The molecule has 3 aromatic rings. The Labute approximate surface area is 144 Å². The van der Waals surface area contributed by atoms with Gasteiger partial charge in [-0.1, -0.05) is 37.3 Å². The van der Waals surface area contributed by atoms with Gasteiger partial charge in [0.2, 0.25) is 0 Å². The van der Waals surface area contributed by atoms with Gasteiger partial charge in [0, 0.05) is 17.5 Å². The van der Waals surface area contributed by atoms with Crippen LogP contribution in [0.1, 0.15) is 19.2 Å². The molecule has 24 heavy (non-hydrogen) atoms. The van der Waals surface area contributed by atoms with E-state index in [0.717, 1.165) is 16.0 Å². The lowest BCUT2D eigenvalue weighted by Gasteiger charge is -2.18. The second kappa shape index (κ2) is 7.25. The van der Waals surface area contributed by atoms with Crippen molar-refractivity contribution in [3.63, 3.8) is 0 Å². The molecule has 0 saturated carbocycles. The number of aromatic amines is 1. The predicted molar refractivity (Wildman–Crippen MR) is 98.3 cm³/mol. The van der Waals surface area contributed by atoms with E-state index in [2.05, 4.69) is 9.97 Å². The SMILES string of the molecule is CCC(O)CN(C)Cc1nc2scc(-c3ccccc3)c2c(=O)[nH]1. The minimum Gasteiger partial charge on any atom is -0.392 e. The lowest BCUT2D eigenvalue weighted by molar-refractivity contribution is 0.118. The Morgan fingerprint density at radius 3 is 2.79 bits per heavy atom. The highest BCUT2D eigenvalue weighted by molar-refractivity contribution is 7.17. The number of likely N-dealkylation sites (N-methyl/N-ethyl adjacent to an activating group) is 1. The smallest absolute Gasteiger partial charge is 0.260 e. The van der Waals surface area contributed by atoms with E-state index < -0.39 is 0 Å². The number of hydrogen-bond acceptors (Lipinski definition) is 5. The molecule has 0 saturated heterocycles. The van der Waals surface area contributed by atoms with Crippen molar-refractivity contribution in [3.05, 3.63) is 51.9 Å². The molecular formula is C18H21N3O2S. The Morgan fingerprint density at radius 2 is 2.08 bits per heavy atom. The fraction of sp³-hybridized carbons (Fsp3) is 0.333. The summed E-state index contributed by atoms with van der Waals surface area (Å²) in [5.74, 6) is 0.625. The van der Waals surface area contributed by atoms with Gasteiger partial charge in [-0.05, 0) is 19.0 Å². The molecule has 0 amide bonds. The van der Waals surface area contributed by atoms with Gasteiger partial charge in [0.1, 0.15) is 10.7 Å². The van der Waals surface area contributed by atoms with Gasteiger partial charge in [-0.3, -0.25) is 9.69 Å². The normalized spacial score (nSPS) is 12.8. The largest absolute Gasteiger partial charge is 0.392 e. The van der Waals surface area contributed by atoms with Crippen LogP contribution in [-0.4, -0.2) is 39.7 Å². The molecule has 0 bridgehead atoms. The summed E-state index contributed by atoms with van der Waals surface area (Å²) < 4.78 is 0. The first kappa shape index (κ1) is 16.8. The molecule has 5 nitrogen and oxygen atoms in total. The summed E-state index contributed by atoms with van der Waals surface area (Å²) in [7, 11) is 1.91. The maximum atomic E-state index is 12.6. The number of H-pyrrole nitrogens is 1. The topological polar surface area (TPSA) is 69.2 Å². The molecule has 0 fully saturated rings. The summed E-state index contributed by atoms with van der Waals surface area (Å²) in [6, 6.07) is 9.87. The summed E-state index contributed by atoms with van der Waals surface area (Å²) in [5, 5.41) is 12.4. The van der Waals surface area contributed by atoms with Crippen LogP contribution in [0.15, 0.2) is 40.5 Å². The highest BCUT2D eigenvalue weighted by Gasteiger charge is 2.14. The number of benzene rings is 1. The van der Waals surface area contributed by atoms with Crippen LogP contribution in [0.4, 0.5) is 0 Å². The first-order valence-electron chi connectivity index (χ1n) is 8.01. The summed E-state index contributed by atoms with van der Waals surface area (Å²) in [4.78, 5) is 22.7. The maximum absolute atomic E-state index is 12.6. The summed E-state index contributed by atoms with van der Waals surface area (Å²) in [6.07, 6.45) is 0.343. The van der Waals surface area contributed by atoms with E-state index in [9.17, 15) is 9.90 Å². The third kappa shape index (κ3) is 3.56. The van der Waals surface area contributed by atoms with Crippen molar-refractivity contribution in [3.8, 4) is 11.1 Å². The summed E-state index contributed by atoms with van der Waals surface area (Å²) in [6.45, 7) is 3.00. The molecule has 0 aliphatic carbocycles. The van der Waals surface area contributed by atoms with Crippen LogP contribution in [0.3, 0.4) is 0 Å². The average Bonchev–Trinajstić information content (AvgIpc) is 2.99. The van der Waals surface area contributed by atoms with E-state index >= 15 is 0 Å². The van der Waals surface area contributed by atoms with E-state index in [4.69, 9.17) is 0 Å². The number of fused-ring (bicyclic) bond motifs is 1. The zero-order valence-corrected chi connectivity index (χ0v) is 14.6.